The van der Waals surface area contributed by atoms with Crippen LogP contribution in [-0.2, 0) is 26.2 Å². The maximum atomic E-state index is 13.5. The number of ether oxygens (including phenoxy) is 1. The zero-order valence-electron chi connectivity index (χ0n) is 23.6. The summed E-state index contributed by atoms with van der Waals surface area (Å²) in [5, 5.41) is 2.96. The van der Waals surface area contributed by atoms with Gasteiger partial charge in [-0.2, -0.15) is 0 Å². The minimum atomic E-state index is -3.56. The van der Waals surface area contributed by atoms with Gasteiger partial charge in [0.1, 0.15) is 11.8 Å². The molecule has 0 heterocycles. The number of anilines is 1. The Morgan fingerprint density at radius 3 is 2.29 bits per heavy atom. The van der Waals surface area contributed by atoms with Gasteiger partial charge in [0.05, 0.1) is 18.6 Å². The van der Waals surface area contributed by atoms with Crippen LogP contribution in [0.2, 0.25) is 0 Å². The van der Waals surface area contributed by atoms with Crippen LogP contribution < -0.4 is 14.4 Å². The molecule has 0 saturated heterocycles. The molecule has 1 N–H and O–H groups in total. The highest BCUT2D eigenvalue weighted by atomic mass is 32.2. The molecule has 1 unspecified atom stereocenters. The summed E-state index contributed by atoms with van der Waals surface area (Å²) in [4.78, 5) is 28.2. The Labute approximate surface area is 228 Å². The highest BCUT2D eigenvalue weighted by Gasteiger charge is 2.29. The Hall–Kier alpha value is -3.07. The zero-order valence-corrected chi connectivity index (χ0v) is 24.4. The topological polar surface area (TPSA) is 96.0 Å². The van der Waals surface area contributed by atoms with Gasteiger partial charge in [0.15, 0.2) is 0 Å². The lowest BCUT2D eigenvalue weighted by Gasteiger charge is -2.31. The second kappa shape index (κ2) is 14.8. The lowest BCUT2D eigenvalue weighted by atomic mass is 10.1. The van der Waals surface area contributed by atoms with Crippen molar-refractivity contribution in [3.05, 3.63) is 59.7 Å². The third-order valence-corrected chi connectivity index (χ3v) is 7.29. The van der Waals surface area contributed by atoms with Gasteiger partial charge in [-0.1, -0.05) is 50.6 Å². The van der Waals surface area contributed by atoms with Crippen molar-refractivity contribution in [2.45, 2.75) is 66.5 Å². The lowest BCUT2D eigenvalue weighted by molar-refractivity contribution is -0.141. The summed E-state index contributed by atoms with van der Waals surface area (Å²) in [5.74, 6) is 0.600. The molecule has 2 aromatic rings. The molecule has 2 rings (SSSR count). The molecule has 9 heteroatoms. The quantitative estimate of drug-likeness (QED) is 0.355. The van der Waals surface area contributed by atoms with Crippen molar-refractivity contribution in [2.24, 2.45) is 5.92 Å². The van der Waals surface area contributed by atoms with Gasteiger partial charge in [-0.3, -0.25) is 13.9 Å². The first kappa shape index (κ1) is 31.1. The highest BCUT2D eigenvalue weighted by molar-refractivity contribution is 7.92. The van der Waals surface area contributed by atoms with Gasteiger partial charge in [-0.15, -0.1) is 0 Å². The first-order chi connectivity index (χ1) is 18.0. The van der Waals surface area contributed by atoms with Gasteiger partial charge in [0.25, 0.3) is 0 Å². The van der Waals surface area contributed by atoms with Gasteiger partial charge in [0.2, 0.25) is 21.8 Å². The predicted molar refractivity (Wildman–Crippen MR) is 153 cm³/mol. The van der Waals surface area contributed by atoms with Crippen molar-refractivity contribution in [3.63, 3.8) is 0 Å². The van der Waals surface area contributed by atoms with Crippen molar-refractivity contribution in [3.8, 4) is 5.75 Å². The molecule has 2 amide bonds. The summed E-state index contributed by atoms with van der Waals surface area (Å²) in [6.07, 6.45) is 2.06. The van der Waals surface area contributed by atoms with Crippen LogP contribution in [0.4, 0.5) is 5.69 Å². The normalized spacial score (nSPS) is 12.2. The Balaban J connectivity index is 2.20. The summed E-state index contributed by atoms with van der Waals surface area (Å²) in [6.45, 7) is 11.3. The first-order valence-corrected chi connectivity index (χ1v) is 15.1. The number of hydrogen-bond acceptors (Lipinski definition) is 5. The summed E-state index contributed by atoms with van der Waals surface area (Å²) < 4.78 is 31.8. The van der Waals surface area contributed by atoms with Gasteiger partial charge < -0.3 is 15.0 Å². The van der Waals surface area contributed by atoms with E-state index in [1.807, 2.05) is 58.9 Å². The van der Waals surface area contributed by atoms with E-state index in [2.05, 4.69) is 5.32 Å². The van der Waals surface area contributed by atoms with Gasteiger partial charge >= 0.3 is 0 Å². The van der Waals surface area contributed by atoms with E-state index < -0.39 is 16.1 Å². The second-order valence-corrected chi connectivity index (χ2v) is 11.8. The van der Waals surface area contributed by atoms with E-state index in [9.17, 15) is 18.0 Å². The fraction of sp³-hybridized carbons (Fsp3) is 0.517. The number of rotatable bonds is 15. The fourth-order valence-electron chi connectivity index (χ4n) is 4.23. The van der Waals surface area contributed by atoms with E-state index in [1.54, 1.807) is 29.2 Å². The van der Waals surface area contributed by atoms with Crippen molar-refractivity contribution in [1.82, 2.24) is 10.2 Å². The fourth-order valence-corrected chi connectivity index (χ4v) is 5.19. The second-order valence-electron chi connectivity index (χ2n) is 9.94. The minimum absolute atomic E-state index is 0.114. The van der Waals surface area contributed by atoms with Crippen LogP contribution in [0.1, 0.15) is 58.1 Å². The third-order valence-electron chi connectivity index (χ3n) is 6.09. The van der Waals surface area contributed by atoms with E-state index in [4.69, 9.17) is 4.74 Å². The monoisotopic (exact) mass is 545 g/mol. The van der Waals surface area contributed by atoms with Crippen LogP contribution in [0, 0.1) is 12.8 Å². The Morgan fingerprint density at radius 1 is 1.05 bits per heavy atom. The van der Waals surface area contributed by atoms with E-state index >= 15 is 0 Å². The lowest BCUT2D eigenvalue weighted by Crippen LogP contribution is -2.49. The average molecular weight is 546 g/mol. The van der Waals surface area contributed by atoms with Crippen molar-refractivity contribution < 1.29 is 22.7 Å². The highest BCUT2D eigenvalue weighted by Crippen LogP contribution is 2.23. The number of carbonyl (C=O) groups is 2. The molecule has 8 nitrogen and oxygen atoms in total. The number of nitrogens with one attached hydrogen (secondary N) is 1. The summed E-state index contributed by atoms with van der Waals surface area (Å²) in [7, 11) is -3.56. The third kappa shape index (κ3) is 9.67. The molecule has 0 spiro atoms. The molecule has 1 atom stereocenters. The van der Waals surface area contributed by atoms with Crippen LogP contribution in [-0.4, -0.2) is 57.1 Å². The largest absolute Gasteiger partial charge is 0.494 e. The number of amides is 2. The molecule has 0 aliphatic heterocycles. The van der Waals surface area contributed by atoms with Crippen molar-refractivity contribution in [1.29, 1.82) is 0 Å². The molecule has 0 aliphatic carbocycles. The molecule has 0 saturated carbocycles. The summed E-state index contributed by atoms with van der Waals surface area (Å²) in [6, 6.07) is 14.1. The number of nitrogens with zero attached hydrogens (tertiary/aromatic N) is 2. The maximum Gasteiger partial charge on any atom is 0.242 e. The molecular formula is C29H43N3O5S. The first-order valence-electron chi connectivity index (χ1n) is 13.3. The van der Waals surface area contributed by atoms with Gasteiger partial charge in [-0.25, -0.2) is 8.42 Å². The smallest absolute Gasteiger partial charge is 0.242 e. The summed E-state index contributed by atoms with van der Waals surface area (Å²) >= 11 is 0. The summed E-state index contributed by atoms with van der Waals surface area (Å²) in [5.41, 5.74) is 2.53. The SMILES string of the molecule is CCOc1ccc(N(CCCC(=O)N(Cc2cccc(C)c2)C(CC)C(=O)NCC(C)C)S(C)(=O)=O)cc1. The predicted octanol–water partition coefficient (Wildman–Crippen LogP) is 4.52. The van der Waals surface area contributed by atoms with Crippen LogP contribution in [0.5, 0.6) is 5.75 Å². The molecule has 0 fully saturated rings. The van der Waals surface area contributed by atoms with E-state index in [0.717, 1.165) is 17.4 Å². The number of benzene rings is 2. The molecule has 0 radical (unpaired) electrons. The van der Waals surface area contributed by atoms with Crippen LogP contribution in [0.15, 0.2) is 48.5 Å². The molecule has 0 aromatic heterocycles. The number of hydrogen-bond donors (Lipinski definition) is 1. The molecule has 2 aromatic carbocycles. The molecule has 0 bridgehead atoms. The molecular weight excluding hydrogens is 502 g/mol. The van der Waals surface area contributed by atoms with Gasteiger partial charge in [0, 0.05) is 26.1 Å². The number of aryl methyl sites for hydroxylation is 1. The Bertz CT molecular complexity index is 1150. The number of carbonyl (C=O) groups excluding carboxylic acids is 2. The molecule has 38 heavy (non-hydrogen) atoms. The van der Waals surface area contributed by atoms with Crippen molar-refractivity contribution >= 4 is 27.5 Å². The maximum absolute atomic E-state index is 13.5. The van der Waals surface area contributed by atoms with E-state index in [0.29, 0.717) is 49.9 Å². The standard InChI is InChI=1S/C29H43N3O5S/c1-7-27(29(34)30-20-22(3)4)31(21-24-12-9-11-23(5)19-24)28(33)13-10-18-32(38(6,35)36)25-14-16-26(17-15-25)37-8-2/h9,11-12,14-17,19,22,27H,7-8,10,13,18,20-21H2,1-6H3,(H,30,34). The van der Waals surface area contributed by atoms with Gasteiger partial charge in [-0.05, 0) is 62.4 Å². The number of sulfonamides is 1. The van der Waals surface area contributed by atoms with Crippen molar-refractivity contribution in [2.75, 3.05) is 30.3 Å². The molecule has 210 valence electrons. The van der Waals surface area contributed by atoms with Crippen LogP contribution in [0.3, 0.4) is 0 Å². The zero-order chi connectivity index (χ0) is 28.3. The Morgan fingerprint density at radius 2 is 1.74 bits per heavy atom. The van der Waals surface area contributed by atoms with Crippen LogP contribution in [0.25, 0.3) is 0 Å². The minimum Gasteiger partial charge on any atom is -0.494 e. The van der Waals surface area contributed by atoms with Crippen LogP contribution >= 0.6 is 0 Å². The molecule has 0 aliphatic rings. The average Bonchev–Trinajstić information content (AvgIpc) is 2.85. The van der Waals surface area contributed by atoms with E-state index in [-0.39, 0.29) is 24.8 Å². The van der Waals surface area contributed by atoms with E-state index in [1.165, 1.54) is 4.31 Å². The Kier molecular flexibility index (Phi) is 12.1.